The SMILES string of the molecule is CCN(CC)C(=O)CSc1nnc2c3c4c(sc3ncn12)C[C@@H](C(C)(C)C)CC4. The van der Waals surface area contributed by atoms with Crippen molar-refractivity contribution in [3.8, 4) is 0 Å². The van der Waals surface area contributed by atoms with Gasteiger partial charge in [-0.2, -0.15) is 0 Å². The lowest BCUT2D eigenvalue weighted by molar-refractivity contribution is -0.127. The summed E-state index contributed by atoms with van der Waals surface area (Å²) in [4.78, 5) is 21.4. The summed E-state index contributed by atoms with van der Waals surface area (Å²) in [6.07, 6.45) is 5.22. The molecule has 29 heavy (non-hydrogen) atoms. The fourth-order valence-electron chi connectivity index (χ4n) is 4.19. The van der Waals surface area contributed by atoms with Crippen LogP contribution in [0.4, 0.5) is 0 Å². The van der Waals surface area contributed by atoms with E-state index >= 15 is 0 Å². The fraction of sp³-hybridized carbons (Fsp3) is 0.619. The van der Waals surface area contributed by atoms with E-state index in [9.17, 15) is 4.79 Å². The van der Waals surface area contributed by atoms with Gasteiger partial charge in [0.05, 0.1) is 11.1 Å². The smallest absolute Gasteiger partial charge is 0.233 e. The van der Waals surface area contributed by atoms with Gasteiger partial charge in [-0.05, 0) is 50.0 Å². The molecule has 0 aromatic carbocycles. The van der Waals surface area contributed by atoms with E-state index in [1.807, 2.05) is 40.8 Å². The number of rotatable bonds is 5. The molecular formula is C21H29N5OS2. The molecule has 0 radical (unpaired) electrons. The van der Waals surface area contributed by atoms with Gasteiger partial charge in [0.25, 0.3) is 0 Å². The van der Waals surface area contributed by atoms with Crippen LogP contribution in [0.2, 0.25) is 0 Å². The van der Waals surface area contributed by atoms with Crippen LogP contribution in [0.25, 0.3) is 15.9 Å². The van der Waals surface area contributed by atoms with Crippen LogP contribution >= 0.6 is 23.1 Å². The average molecular weight is 432 g/mol. The van der Waals surface area contributed by atoms with Gasteiger partial charge in [-0.3, -0.25) is 9.20 Å². The third-order valence-corrected chi connectivity index (χ3v) is 8.18. The minimum absolute atomic E-state index is 0.131. The van der Waals surface area contributed by atoms with Gasteiger partial charge in [0.2, 0.25) is 5.91 Å². The number of nitrogens with zero attached hydrogens (tertiary/aromatic N) is 5. The van der Waals surface area contributed by atoms with E-state index in [2.05, 4.69) is 31.0 Å². The van der Waals surface area contributed by atoms with Crippen molar-refractivity contribution >= 4 is 44.9 Å². The maximum Gasteiger partial charge on any atom is 0.233 e. The van der Waals surface area contributed by atoms with Gasteiger partial charge in [0.15, 0.2) is 10.8 Å². The van der Waals surface area contributed by atoms with Crippen LogP contribution in [0.1, 0.15) is 51.5 Å². The summed E-state index contributed by atoms with van der Waals surface area (Å²) in [6.45, 7) is 12.5. The average Bonchev–Trinajstić information content (AvgIpc) is 3.26. The number of hydrogen-bond acceptors (Lipinski definition) is 6. The minimum atomic E-state index is 0.131. The maximum absolute atomic E-state index is 12.3. The summed E-state index contributed by atoms with van der Waals surface area (Å²) in [5.41, 5.74) is 2.61. The highest BCUT2D eigenvalue weighted by atomic mass is 32.2. The maximum atomic E-state index is 12.3. The normalized spacial score (nSPS) is 17.1. The van der Waals surface area contributed by atoms with Crippen LogP contribution in [0.15, 0.2) is 11.5 Å². The van der Waals surface area contributed by atoms with Crippen molar-refractivity contribution in [2.75, 3.05) is 18.8 Å². The molecule has 1 atom stereocenters. The summed E-state index contributed by atoms with van der Waals surface area (Å²) in [6, 6.07) is 0. The molecule has 4 rings (SSSR count). The number of aryl methyl sites for hydroxylation is 1. The first-order valence-electron chi connectivity index (χ1n) is 10.4. The third-order valence-electron chi connectivity index (χ3n) is 6.09. The molecule has 156 valence electrons. The first-order chi connectivity index (χ1) is 13.8. The van der Waals surface area contributed by atoms with Crippen LogP contribution in [-0.4, -0.2) is 49.2 Å². The van der Waals surface area contributed by atoms with Crippen molar-refractivity contribution in [3.05, 3.63) is 16.8 Å². The number of amides is 1. The van der Waals surface area contributed by atoms with Gasteiger partial charge in [-0.1, -0.05) is 32.5 Å². The number of carbonyl (C=O) groups excluding carboxylic acids is 1. The van der Waals surface area contributed by atoms with Crippen molar-refractivity contribution in [1.29, 1.82) is 0 Å². The zero-order valence-corrected chi connectivity index (χ0v) is 19.5. The van der Waals surface area contributed by atoms with Crippen LogP contribution in [0, 0.1) is 11.3 Å². The fourth-order valence-corrected chi connectivity index (χ4v) is 6.25. The lowest BCUT2D eigenvalue weighted by Crippen LogP contribution is -2.31. The Morgan fingerprint density at radius 1 is 1.31 bits per heavy atom. The molecule has 1 aliphatic carbocycles. The Kier molecular flexibility index (Phi) is 5.59. The Hall–Kier alpha value is -1.67. The van der Waals surface area contributed by atoms with Gasteiger partial charge in [0.1, 0.15) is 11.2 Å². The predicted octanol–water partition coefficient (Wildman–Crippen LogP) is 4.45. The Bertz CT molecular complexity index is 1040. The van der Waals surface area contributed by atoms with Gasteiger partial charge in [-0.15, -0.1) is 21.5 Å². The summed E-state index contributed by atoms with van der Waals surface area (Å²) >= 11 is 3.25. The molecule has 6 nitrogen and oxygen atoms in total. The third kappa shape index (κ3) is 3.77. The lowest BCUT2D eigenvalue weighted by Gasteiger charge is -2.33. The number of carbonyl (C=O) groups is 1. The molecule has 8 heteroatoms. The second-order valence-corrected chi connectivity index (χ2v) is 10.8. The molecule has 3 heterocycles. The van der Waals surface area contributed by atoms with E-state index in [0.717, 1.165) is 47.0 Å². The van der Waals surface area contributed by atoms with Crippen LogP contribution in [0.3, 0.4) is 0 Å². The predicted molar refractivity (Wildman–Crippen MR) is 120 cm³/mol. The summed E-state index contributed by atoms with van der Waals surface area (Å²) in [5.74, 6) is 1.20. The second kappa shape index (κ2) is 7.87. The molecule has 0 fully saturated rings. The zero-order valence-electron chi connectivity index (χ0n) is 17.9. The molecule has 0 N–H and O–H groups in total. The summed E-state index contributed by atoms with van der Waals surface area (Å²) in [7, 11) is 0. The van der Waals surface area contributed by atoms with E-state index in [0.29, 0.717) is 17.1 Å². The van der Waals surface area contributed by atoms with Crippen molar-refractivity contribution in [2.24, 2.45) is 11.3 Å². The Balaban J connectivity index is 1.64. The van der Waals surface area contributed by atoms with E-state index < -0.39 is 0 Å². The topological polar surface area (TPSA) is 63.4 Å². The highest BCUT2D eigenvalue weighted by Crippen LogP contribution is 2.43. The number of thiophene rings is 1. The van der Waals surface area contributed by atoms with E-state index in [4.69, 9.17) is 4.98 Å². The van der Waals surface area contributed by atoms with Gasteiger partial charge in [-0.25, -0.2) is 4.98 Å². The molecule has 3 aromatic heterocycles. The van der Waals surface area contributed by atoms with Crippen molar-refractivity contribution < 1.29 is 4.79 Å². The molecule has 0 unspecified atom stereocenters. The monoisotopic (exact) mass is 431 g/mol. The van der Waals surface area contributed by atoms with Crippen molar-refractivity contribution in [2.45, 2.75) is 59.0 Å². The lowest BCUT2D eigenvalue weighted by atomic mass is 9.72. The summed E-state index contributed by atoms with van der Waals surface area (Å²) in [5, 5.41) is 10.8. The van der Waals surface area contributed by atoms with E-state index in [-0.39, 0.29) is 5.91 Å². The summed E-state index contributed by atoms with van der Waals surface area (Å²) < 4.78 is 1.95. The van der Waals surface area contributed by atoms with E-state index in [1.165, 1.54) is 28.6 Å². The molecular weight excluding hydrogens is 402 g/mol. The standard InChI is InChI=1S/C21H29N5OS2/c1-6-25(7-2)16(27)11-28-20-24-23-18-17-14-9-8-13(21(3,4)5)10-15(14)29-19(17)22-12-26(18)20/h12-13H,6-11H2,1-5H3/t13-/m0/s1. The molecule has 3 aromatic rings. The number of fused-ring (bicyclic) bond motifs is 5. The highest BCUT2D eigenvalue weighted by Gasteiger charge is 2.31. The van der Waals surface area contributed by atoms with Gasteiger partial charge in [0, 0.05) is 18.0 Å². The minimum Gasteiger partial charge on any atom is -0.343 e. The first-order valence-corrected chi connectivity index (χ1v) is 12.2. The molecule has 0 bridgehead atoms. The van der Waals surface area contributed by atoms with Crippen LogP contribution < -0.4 is 0 Å². The first kappa shape index (κ1) is 20.6. The Morgan fingerprint density at radius 3 is 2.76 bits per heavy atom. The second-order valence-electron chi connectivity index (χ2n) is 8.77. The molecule has 1 amide bonds. The van der Waals surface area contributed by atoms with Crippen molar-refractivity contribution in [1.82, 2.24) is 24.5 Å². The van der Waals surface area contributed by atoms with Crippen molar-refractivity contribution in [3.63, 3.8) is 0 Å². The molecule has 1 aliphatic rings. The quantitative estimate of drug-likeness (QED) is 0.559. The number of hydrogen-bond donors (Lipinski definition) is 0. The molecule has 0 saturated heterocycles. The van der Waals surface area contributed by atoms with Gasteiger partial charge < -0.3 is 4.90 Å². The van der Waals surface area contributed by atoms with Gasteiger partial charge >= 0.3 is 0 Å². The van der Waals surface area contributed by atoms with Crippen LogP contribution in [0.5, 0.6) is 0 Å². The Labute approximate surface area is 180 Å². The Morgan fingerprint density at radius 2 is 2.07 bits per heavy atom. The number of aromatic nitrogens is 4. The number of thioether (sulfide) groups is 1. The molecule has 0 aliphatic heterocycles. The zero-order chi connectivity index (χ0) is 20.8. The largest absolute Gasteiger partial charge is 0.343 e. The highest BCUT2D eigenvalue weighted by molar-refractivity contribution is 7.99. The molecule has 0 saturated carbocycles. The van der Waals surface area contributed by atoms with E-state index in [1.54, 1.807) is 0 Å². The molecule has 0 spiro atoms. The van der Waals surface area contributed by atoms with Crippen LogP contribution in [-0.2, 0) is 17.6 Å².